The Kier molecular flexibility index (Phi) is 3.43. The van der Waals surface area contributed by atoms with Crippen LogP contribution in [0.5, 0.6) is 0 Å². The van der Waals surface area contributed by atoms with E-state index in [0.29, 0.717) is 17.3 Å². The van der Waals surface area contributed by atoms with E-state index in [0.717, 1.165) is 5.69 Å². The molecule has 17 heavy (non-hydrogen) atoms. The molecule has 2 aromatic heterocycles. The Morgan fingerprint density at radius 1 is 1.65 bits per heavy atom. The van der Waals surface area contributed by atoms with Gasteiger partial charge in [-0.05, 0) is 13.0 Å². The Morgan fingerprint density at radius 2 is 2.47 bits per heavy atom. The number of carbonyl (C=O) groups is 1. The highest BCUT2D eigenvalue weighted by Crippen LogP contribution is 2.11. The highest BCUT2D eigenvalue weighted by Gasteiger charge is 2.06. The van der Waals surface area contributed by atoms with Gasteiger partial charge in [0, 0.05) is 12.4 Å². The molecule has 0 aliphatic heterocycles. The number of nitrogens with one attached hydrogen (secondary N) is 2. The lowest BCUT2D eigenvalue weighted by Crippen LogP contribution is -2.27. The maximum atomic E-state index is 11.6. The molecule has 0 saturated carbocycles. The van der Waals surface area contributed by atoms with E-state index in [9.17, 15) is 4.79 Å². The van der Waals surface area contributed by atoms with E-state index in [1.165, 1.54) is 4.68 Å². The molecule has 0 fully saturated rings. The second kappa shape index (κ2) is 5.01. The van der Waals surface area contributed by atoms with E-state index in [-0.39, 0.29) is 12.5 Å². The fourth-order valence-corrected chi connectivity index (χ4v) is 1.50. The predicted octanol–water partition coefficient (Wildman–Crippen LogP) is 0.884. The van der Waals surface area contributed by atoms with Crippen LogP contribution in [0.4, 0.5) is 0 Å². The van der Waals surface area contributed by atoms with Gasteiger partial charge in [0.1, 0.15) is 6.54 Å². The molecule has 2 aromatic rings. The van der Waals surface area contributed by atoms with Gasteiger partial charge in [-0.3, -0.25) is 14.6 Å². The minimum absolute atomic E-state index is 0.126. The first-order valence-corrected chi connectivity index (χ1v) is 5.47. The first kappa shape index (κ1) is 11.7. The van der Waals surface area contributed by atoms with E-state index in [1.807, 2.05) is 0 Å². The quantitative estimate of drug-likeness (QED) is 0.850. The second-order valence-electron chi connectivity index (χ2n) is 3.62. The van der Waals surface area contributed by atoms with Gasteiger partial charge in [-0.15, -0.1) is 0 Å². The summed E-state index contributed by atoms with van der Waals surface area (Å²) in [6, 6.07) is 1.80. The van der Waals surface area contributed by atoms with E-state index in [4.69, 9.17) is 11.6 Å². The fraction of sp³-hybridized carbons (Fsp3) is 0.300. The van der Waals surface area contributed by atoms with Crippen LogP contribution in [0, 0.1) is 6.92 Å². The zero-order chi connectivity index (χ0) is 12.3. The molecule has 2 heterocycles. The predicted molar refractivity (Wildman–Crippen MR) is 62.4 cm³/mol. The zero-order valence-corrected chi connectivity index (χ0v) is 10.0. The Morgan fingerprint density at radius 3 is 3.06 bits per heavy atom. The van der Waals surface area contributed by atoms with Crippen molar-refractivity contribution >= 4 is 17.5 Å². The van der Waals surface area contributed by atoms with Crippen LogP contribution in [0.15, 0.2) is 18.5 Å². The van der Waals surface area contributed by atoms with E-state index in [2.05, 4.69) is 20.6 Å². The lowest BCUT2D eigenvalue weighted by molar-refractivity contribution is -0.122. The second-order valence-corrected chi connectivity index (χ2v) is 4.03. The fourth-order valence-electron chi connectivity index (χ4n) is 1.35. The average Bonchev–Trinajstić information content (AvgIpc) is 2.87. The summed E-state index contributed by atoms with van der Waals surface area (Å²) in [6.45, 7) is 2.37. The van der Waals surface area contributed by atoms with Crippen molar-refractivity contribution in [1.29, 1.82) is 0 Å². The van der Waals surface area contributed by atoms with Crippen molar-refractivity contribution in [1.82, 2.24) is 25.3 Å². The molecule has 2 rings (SSSR count). The van der Waals surface area contributed by atoms with Crippen molar-refractivity contribution in [2.45, 2.75) is 20.0 Å². The molecule has 0 atom stereocenters. The van der Waals surface area contributed by atoms with Crippen LogP contribution in [0.25, 0.3) is 0 Å². The molecule has 1 amide bonds. The molecule has 0 saturated heterocycles. The summed E-state index contributed by atoms with van der Waals surface area (Å²) in [4.78, 5) is 11.6. The highest BCUT2D eigenvalue weighted by atomic mass is 35.5. The van der Waals surface area contributed by atoms with Gasteiger partial charge in [0.15, 0.2) is 0 Å². The third kappa shape index (κ3) is 3.07. The number of amides is 1. The van der Waals surface area contributed by atoms with Gasteiger partial charge < -0.3 is 5.32 Å². The Balaban J connectivity index is 1.85. The molecular formula is C10H12ClN5O. The first-order chi connectivity index (χ1) is 8.15. The number of aromatic nitrogens is 4. The number of rotatable bonds is 4. The third-order valence-corrected chi connectivity index (χ3v) is 2.60. The molecule has 0 unspecified atom stereocenters. The number of halogens is 1. The summed E-state index contributed by atoms with van der Waals surface area (Å²) in [5.41, 5.74) is 1.57. The molecule has 0 bridgehead atoms. The van der Waals surface area contributed by atoms with Crippen molar-refractivity contribution in [3.8, 4) is 0 Å². The molecule has 6 nitrogen and oxygen atoms in total. The first-order valence-electron chi connectivity index (χ1n) is 5.09. The largest absolute Gasteiger partial charge is 0.349 e. The number of aromatic amines is 1. The molecule has 0 aromatic carbocycles. The molecule has 2 N–H and O–H groups in total. The molecule has 0 spiro atoms. The number of hydrogen-bond acceptors (Lipinski definition) is 3. The summed E-state index contributed by atoms with van der Waals surface area (Å²) < 4.78 is 1.51. The average molecular weight is 254 g/mol. The maximum Gasteiger partial charge on any atom is 0.242 e. The monoisotopic (exact) mass is 253 g/mol. The summed E-state index contributed by atoms with van der Waals surface area (Å²) in [6.07, 6.45) is 3.27. The summed E-state index contributed by atoms with van der Waals surface area (Å²) in [7, 11) is 0. The SMILES string of the molecule is Cc1nn(CC(=O)NCc2ccn[nH]2)cc1Cl. The molecule has 90 valence electrons. The van der Waals surface area contributed by atoms with Crippen molar-refractivity contribution in [2.24, 2.45) is 0 Å². The summed E-state index contributed by atoms with van der Waals surface area (Å²) >= 11 is 5.84. The normalized spacial score (nSPS) is 10.5. The van der Waals surface area contributed by atoms with Crippen LogP contribution >= 0.6 is 11.6 Å². The van der Waals surface area contributed by atoms with Gasteiger partial charge in [0.2, 0.25) is 5.91 Å². The van der Waals surface area contributed by atoms with Gasteiger partial charge in [-0.25, -0.2) is 0 Å². The molecule has 0 aliphatic rings. The van der Waals surface area contributed by atoms with Gasteiger partial charge in [0.25, 0.3) is 0 Å². The van der Waals surface area contributed by atoms with Gasteiger partial charge in [-0.2, -0.15) is 10.2 Å². The third-order valence-electron chi connectivity index (χ3n) is 2.23. The van der Waals surface area contributed by atoms with Crippen LogP contribution in [0.2, 0.25) is 5.02 Å². The van der Waals surface area contributed by atoms with Crippen LogP contribution in [-0.2, 0) is 17.9 Å². The lowest BCUT2D eigenvalue weighted by atomic mass is 10.4. The summed E-state index contributed by atoms with van der Waals surface area (Å²) in [5, 5.41) is 14.0. The van der Waals surface area contributed by atoms with Crippen LogP contribution in [-0.4, -0.2) is 25.9 Å². The summed E-state index contributed by atoms with van der Waals surface area (Å²) in [5.74, 6) is -0.126. The number of hydrogen-bond donors (Lipinski definition) is 2. The maximum absolute atomic E-state index is 11.6. The minimum atomic E-state index is -0.126. The van der Waals surface area contributed by atoms with Gasteiger partial charge >= 0.3 is 0 Å². The number of aryl methyl sites for hydroxylation is 1. The minimum Gasteiger partial charge on any atom is -0.349 e. The van der Waals surface area contributed by atoms with Crippen molar-refractivity contribution in [3.63, 3.8) is 0 Å². The van der Waals surface area contributed by atoms with Crippen molar-refractivity contribution < 1.29 is 4.79 Å². The lowest BCUT2D eigenvalue weighted by Gasteiger charge is -2.03. The van der Waals surface area contributed by atoms with Crippen LogP contribution in [0.1, 0.15) is 11.4 Å². The number of carbonyl (C=O) groups excluding carboxylic acids is 1. The van der Waals surface area contributed by atoms with Gasteiger partial charge in [0.05, 0.1) is 23.0 Å². The zero-order valence-electron chi connectivity index (χ0n) is 9.27. The van der Waals surface area contributed by atoms with Crippen LogP contribution < -0.4 is 5.32 Å². The van der Waals surface area contributed by atoms with E-state index >= 15 is 0 Å². The van der Waals surface area contributed by atoms with Gasteiger partial charge in [-0.1, -0.05) is 11.6 Å². The van der Waals surface area contributed by atoms with E-state index in [1.54, 1.807) is 25.4 Å². The number of H-pyrrole nitrogens is 1. The molecule has 7 heteroatoms. The van der Waals surface area contributed by atoms with Crippen molar-refractivity contribution in [3.05, 3.63) is 34.9 Å². The van der Waals surface area contributed by atoms with Crippen LogP contribution in [0.3, 0.4) is 0 Å². The Labute approximate surface area is 103 Å². The topological polar surface area (TPSA) is 75.6 Å². The van der Waals surface area contributed by atoms with Crippen molar-refractivity contribution in [2.75, 3.05) is 0 Å². The molecule has 0 radical (unpaired) electrons. The smallest absolute Gasteiger partial charge is 0.242 e. The van der Waals surface area contributed by atoms with E-state index < -0.39 is 0 Å². The highest BCUT2D eigenvalue weighted by molar-refractivity contribution is 6.31. The molecule has 0 aliphatic carbocycles. The standard InChI is InChI=1S/C10H12ClN5O/c1-7-9(11)5-16(15-7)6-10(17)12-4-8-2-3-13-14-8/h2-3,5H,4,6H2,1H3,(H,12,17)(H,13,14). The Hall–Kier alpha value is -1.82. The Bertz CT molecular complexity index is 485. The number of nitrogens with zero attached hydrogens (tertiary/aromatic N) is 3. The molecular weight excluding hydrogens is 242 g/mol.